The predicted molar refractivity (Wildman–Crippen MR) is 81.9 cm³/mol. The highest BCUT2D eigenvalue weighted by atomic mass is 35.5. The first-order valence-electron chi connectivity index (χ1n) is 6.50. The molecule has 0 saturated heterocycles. The summed E-state index contributed by atoms with van der Waals surface area (Å²) in [5.74, 6) is 2.03. The van der Waals surface area contributed by atoms with Crippen LogP contribution in [0.5, 0.6) is 11.6 Å². The Kier molecular flexibility index (Phi) is 4.45. The normalized spacial score (nSPS) is 10.7. The van der Waals surface area contributed by atoms with Crippen molar-refractivity contribution in [3.63, 3.8) is 0 Å². The summed E-state index contributed by atoms with van der Waals surface area (Å²) in [6.45, 7) is 6.28. The van der Waals surface area contributed by atoms with Crippen molar-refractivity contribution in [1.82, 2.24) is 9.97 Å². The van der Waals surface area contributed by atoms with Crippen molar-refractivity contribution in [2.45, 2.75) is 26.7 Å². The second-order valence-electron chi connectivity index (χ2n) is 4.88. The van der Waals surface area contributed by atoms with Gasteiger partial charge in [-0.25, -0.2) is 4.98 Å². The number of aromatic nitrogens is 2. The van der Waals surface area contributed by atoms with E-state index in [0.717, 1.165) is 11.3 Å². The Labute approximate surface area is 124 Å². The maximum atomic E-state index is 6.08. The van der Waals surface area contributed by atoms with E-state index < -0.39 is 0 Å². The van der Waals surface area contributed by atoms with Crippen molar-refractivity contribution < 1.29 is 4.74 Å². The molecule has 0 amide bonds. The van der Waals surface area contributed by atoms with Crippen LogP contribution in [0.25, 0.3) is 0 Å². The first kappa shape index (κ1) is 14.6. The minimum atomic E-state index is 0.357. The third-order valence-electron chi connectivity index (χ3n) is 3.02. The zero-order chi connectivity index (χ0) is 14.7. The molecule has 4 nitrogen and oxygen atoms in total. The van der Waals surface area contributed by atoms with Crippen LogP contribution < -0.4 is 10.1 Å². The van der Waals surface area contributed by atoms with Crippen molar-refractivity contribution >= 4 is 17.5 Å². The molecule has 0 radical (unpaired) electrons. The first-order valence-corrected chi connectivity index (χ1v) is 6.87. The lowest BCUT2D eigenvalue weighted by molar-refractivity contribution is 0.458. The second kappa shape index (κ2) is 6.09. The lowest BCUT2D eigenvalue weighted by Crippen LogP contribution is -1.99. The van der Waals surface area contributed by atoms with Crippen molar-refractivity contribution in [2.24, 2.45) is 0 Å². The molecule has 0 fully saturated rings. The van der Waals surface area contributed by atoms with Gasteiger partial charge < -0.3 is 10.1 Å². The molecule has 1 aromatic carbocycles. The molecule has 0 bridgehead atoms. The Balaban J connectivity index is 2.36. The molecular weight excluding hydrogens is 274 g/mol. The number of ether oxygens (including phenoxy) is 1. The quantitative estimate of drug-likeness (QED) is 0.907. The summed E-state index contributed by atoms with van der Waals surface area (Å²) in [7, 11) is 1.75. The average Bonchev–Trinajstić information content (AvgIpc) is 2.43. The fourth-order valence-corrected chi connectivity index (χ4v) is 1.86. The molecule has 5 heteroatoms. The van der Waals surface area contributed by atoms with E-state index in [2.05, 4.69) is 35.2 Å². The van der Waals surface area contributed by atoms with Gasteiger partial charge in [0.25, 0.3) is 0 Å². The van der Waals surface area contributed by atoms with Gasteiger partial charge in [0.15, 0.2) is 0 Å². The molecule has 2 aromatic rings. The van der Waals surface area contributed by atoms with Crippen LogP contribution in [0.3, 0.4) is 0 Å². The number of anilines is 1. The number of halogens is 1. The standard InChI is InChI=1S/C15H18ClN3O/c1-9(2)11-6-5-10(3)13(7-11)20-14-12(16)8-18-15(17-4)19-14/h5-9H,1-4H3,(H,17,18,19). The number of nitrogens with one attached hydrogen (secondary N) is 1. The molecule has 0 atom stereocenters. The molecule has 20 heavy (non-hydrogen) atoms. The van der Waals surface area contributed by atoms with Gasteiger partial charge in [0.2, 0.25) is 11.8 Å². The number of hydrogen-bond donors (Lipinski definition) is 1. The summed E-state index contributed by atoms with van der Waals surface area (Å²) in [6.07, 6.45) is 1.53. The molecule has 0 aliphatic carbocycles. The summed E-state index contributed by atoms with van der Waals surface area (Å²) in [5.41, 5.74) is 2.25. The number of aryl methyl sites for hydroxylation is 1. The van der Waals surface area contributed by atoms with E-state index in [0.29, 0.717) is 22.8 Å². The van der Waals surface area contributed by atoms with E-state index in [1.165, 1.54) is 11.8 Å². The molecule has 2 rings (SSSR count). The van der Waals surface area contributed by atoms with Gasteiger partial charge >= 0.3 is 0 Å². The lowest BCUT2D eigenvalue weighted by Gasteiger charge is -2.13. The predicted octanol–water partition coefficient (Wildman–Crippen LogP) is 4.40. The topological polar surface area (TPSA) is 47.0 Å². The fourth-order valence-electron chi connectivity index (χ4n) is 1.73. The van der Waals surface area contributed by atoms with Crippen LogP contribution in [0, 0.1) is 6.92 Å². The Morgan fingerprint density at radius 3 is 2.70 bits per heavy atom. The van der Waals surface area contributed by atoms with Crippen LogP contribution in [-0.2, 0) is 0 Å². The van der Waals surface area contributed by atoms with Gasteiger partial charge in [0.1, 0.15) is 10.8 Å². The van der Waals surface area contributed by atoms with E-state index >= 15 is 0 Å². The number of hydrogen-bond acceptors (Lipinski definition) is 4. The van der Waals surface area contributed by atoms with E-state index in [1.54, 1.807) is 7.05 Å². The molecule has 1 N–H and O–H groups in total. The third kappa shape index (κ3) is 3.20. The van der Waals surface area contributed by atoms with Crippen molar-refractivity contribution in [1.29, 1.82) is 0 Å². The maximum absolute atomic E-state index is 6.08. The highest BCUT2D eigenvalue weighted by molar-refractivity contribution is 6.31. The highest BCUT2D eigenvalue weighted by Gasteiger charge is 2.10. The van der Waals surface area contributed by atoms with Gasteiger partial charge in [-0.2, -0.15) is 4.98 Å². The smallest absolute Gasteiger partial charge is 0.243 e. The zero-order valence-electron chi connectivity index (χ0n) is 12.1. The summed E-state index contributed by atoms with van der Waals surface area (Å²) in [4.78, 5) is 8.26. The van der Waals surface area contributed by atoms with Crippen molar-refractivity contribution in [3.8, 4) is 11.6 Å². The van der Waals surface area contributed by atoms with Crippen LogP contribution in [0.15, 0.2) is 24.4 Å². The first-order chi connectivity index (χ1) is 9.51. The molecular formula is C15H18ClN3O. The monoisotopic (exact) mass is 291 g/mol. The number of rotatable bonds is 4. The summed E-state index contributed by atoms with van der Waals surface area (Å²) in [6, 6.07) is 6.17. The molecule has 0 saturated carbocycles. The van der Waals surface area contributed by atoms with Gasteiger partial charge in [0, 0.05) is 7.05 Å². The molecule has 106 valence electrons. The largest absolute Gasteiger partial charge is 0.437 e. The fraction of sp³-hybridized carbons (Fsp3) is 0.333. The third-order valence-corrected chi connectivity index (χ3v) is 3.28. The number of nitrogens with zero attached hydrogens (tertiary/aromatic N) is 2. The molecule has 0 aliphatic rings. The summed E-state index contributed by atoms with van der Waals surface area (Å²) >= 11 is 6.08. The van der Waals surface area contributed by atoms with Gasteiger partial charge in [-0.1, -0.05) is 37.6 Å². The Hall–Kier alpha value is -1.81. The minimum Gasteiger partial charge on any atom is -0.437 e. The molecule has 1 aromatic heterocycles. The highest BCUT2D eigenvalue weighted by Crippen LogP contribution is 2.31. The van der Waals surface area contributed by atoms with Gasteiger partial charge in [-0.15, -0.1) is 0 Å². The molecule has 0 aliphatic heterocycles. The van der Waals surface area contributed by atoms with Gasteiger partial charge in [-0.3, -0.25) is 0 Å². The summed E-state index contributed by atoms with van der Waals surface area (Å²) < 4.78 is 5.85. The second-order valence-corrected chi connectivity index (χ2v) is 5.29. The average molecular weight is 292 g/mol. The van der Waals surface area contributed by atoms with E-state index in [1.807, 2.05) is 19.1 Å². The van der Waals surface area contributed by atoms with Crippen LogP contribution in [0.1, 0.15) is 30.9 Å². The molecule has 1 heterocycles. The molecule has 0 unspecified atom stereocenters. The van der Waals surface area contributed by atoms with Gasteiger partial charge in [-0.05, 0) is 30.0 Å². The maximum Gasteiger partial charge on any atom is 0.243 e. The van der Waals surface area contributed by atoms with Crippen molar-refractivity contribution in [2.75, 3.05) is 12.4 Å². The lowest BCUT2D eigenvalue weighted by atomic mass is 10.0. The number of benzene rings is 1. The van der Waals surface area contributed by atoms with Gasteiger partial charge in [0.05, 0.1) is 6.20 Å². The Bertz CT molecular complexity index is 614. The summed E-state index contributed by atoms with van der Waals surface area (Å²) in [5, 5.41) is 3.25. The van der Waals surface area contributed by atoms with Crippen LogP contribution in [-0.4, -0.2) is 17.0 Å². The van der Waals surface area contributed by atoms with E-state index in [4.69, 9.17) is 16.3 Å². The molecule has 0 spiro atoms. The van der Waals surface area contributed by atoms with Crippen LogP contribution >= 0.6 is 11.6 Å². The van der Waals surface area contributed by atoms with Crippen molar-refractivity contribution in [3.05, 3.63) is 40.5 Å². The SMILES string of the molecule is CNc1ncc(Cl)c(Oc2cc(C(C)C)ccc2C)n1. The van der Waals surface area contributed by atoms with Crippen LogP contribution in [0.2, 0.25) is 5.02 Å². The van der Waals surface area contributed by atoms with Crippen LogP contribution in [0.4, 0.5) is 5.95 Å². The Morgan fingerprint density at radius 1 is 1.30 bits per heavy atom. The Morgan fingerprint density at radius 2 is 2.05 bits per heavy atom. The van der Waals surface area contributed by atoms with E-state index in [-0.39, 0.29) is 0 Å². The zero-order valence-corrected chi connectivity index (χ0v) is 12.8. The minimum absolute atomic E-state index is 0.357. The van der Waals surface area contributed by atoms with E-state index in [9.17, 15) is 0 Å².